The molecule has 0 N–H and O–H groups in total. The highest BCUT2D eigenvalue weighted by molar-refractivity contribution is 5.92. The summed E-state index contributed by atoms with van der Waals surface area (Å²) in [4.78, 5) is 28.0. The molecule has 0 spiro atoms. The molecule has 1 aliphatic rings. The first-order valence-corrected chi connectivity index (χ1v) is 9.89. The molecule has 1 amide bonds. The van der Waals surface area contributed by atoms with Crippen LogP contribution < -0.4 is 9.80 Å². The smallest absolute Gasteiger partial charge is 0.274 e. The third-order valence-electron chi connectivity index (χ3n) is 4.86. The van der Waals surface area contributed by atoms with Gasteiger partial charge < -0.3 is 14.7 Å². The Morgan fingerprint density at radius 3 is 2.11 bits per heavy atom. The summed E-state index contributed by atoms with van der Waals surface area (Å²) < 4.78 is 0. The third kappa shape index (κ3) is 4.76. The maximum absolute atomic E-state index is 12.6. The second-order valence-electron chi connectivity index (χ2n) is 6.86. The zero-order chi connectivity index (χ0) is 19.1. The van der Waals surface area contributed by atoms with Crippen molar-refractivity contribution in [3.8, 4) is 0 Å². The molecule has 1 aromatic heterocycles. The highest BCUT2D eigenvalue weighted by Gasteiger charge is 2.20. The monoisotopic (exact) mass is 367 g/mol. The van der Waals surface area contributed by atoms with E-state index in [9.17, 15) is 4.79 Å². The van der Waals surface area contributed by atoms with Crippen molar-refractivity contribution in [2.75, 3.05) is 49.1 Å². The molecule has 2 aromatic rings. The van der Waals surface area contributed by atoms with Gasteiger partial charge in [-0.15, -0.1) is 0 Å². The SMILES string of the molecule is CCCN(CCC)C(=O)c1cnc(N2CCN(c3ccccc3)CC2)cn1. The zero-order valence-electron chi connectivity index (χ0n) is 16.3. The molecule has 0 unspecified atom stereocenters. The van der Waals surface area contributed by atoms with E-state index >= 15 is 0 Å². The average Bonchev–Trinajstić information content (AvgIpc) is 2.74. The van der Waals surface area contributed by atoms with Gasteiger partial charge in [-0.2, -0.15) is 0 Å². The summed E-state index contributed by atoms with van der Waals surface area (Å²) >= 11 is 0. The normalized spacial score (nSPS) is 14.3. The van der Waals surface area contributed by atoms with Crippen LogP contribution in [0.3, 0.4) is 0 Å². The summed E-state index contributed by atoms with van der Waals surface area (Å²) in [5.74, 6) is 0.823. The number of carbonyl (C=O) groups excluding carboxylic acids is 1. The van der Waals surface area contributed by atoms with Crippen molar-refractivity contribution in [3.63, 3.8) is 0 Å². The Morgan fingerprint density at radius 2 is 1.56 bits per heavy atom. The molecule has 144 valence electrons. The van der Waals surface area contributed by atoms with Gasteiger partial charge in [0.25, 0.3) is 5.91 Å². The van der Waals surface area contributed by atoms with E-state index in [-0.39, 0.29) is 5.91 Å². The van der Waals surface area contributed by atoms with E-state index in [1.165, 1.54) is 5.69 Å². The summed E-state index contributed by atoms with van der Waals surface area (Å²) in [6.45, 7) is 9.39. The van der Waals surface area contributed by atoms with Gasteiger partial charge in [-0.3, -0.25) is 4.79 Å². The van der Waals surface area contributed by atoms with Crippen molar-refractivity contribution >= 4 is 17.4 Å². The van der Waals surface area contributed by atoms with E-state index in [0.717, 1.165) is 57.9 Å². The van der Waals surface area contributed by atoms with Crippen LogP contribution in [-0.4, -0.2) is 60.0 Å². The van der Waals surface area contributed by atoms with Crippen LogP contribution >= 0.6 is 0 Å². The highest BCUT2D eigenvalue weighted by Crippen LogP contribution is 2.18. The number of piperazine rings is 1. The Hall–Kier alpha value is -2.63. The topological polar surface area (TPSA) is 52.6 Å². The zero-order valence-corrected chi connectivity index (χ0v) is 16.3. The summed E-state index contributed by atoms with van der Waals surface area (Å²) in [6, 6.07) is 10.5. The van der Waals surface area contributed by atoms with Crippen LogP contribution in [0.4, 0.5) is 11.5 Å². The second kappa shape index (κ2) is 9.35. The maximum atomic E-state index is 12.6. The number of anilines is 2. The van der Waals surface area contributed by atoms with Gasteiger partial charge in [-0.05, 0) is 25.0 Å². The molecule has 3 rings (SSSR count). The number of para-hydroxylation sites is 1. The molecule has 1 saturated heterocycles. The first-order chi connectivity index (χ1) is 13.2. The van der Waals surface area contributed by atoms with Crippen LogP contribution in [0.2, 0.25) is 0 Å². The van der Waals surface area contributed by atoms with Crippen molar-refractivity contribution in [1.82, 2.24) is 14.9 Å². The maximum Gasteiger partial charge on any atom is 0.274 e. The van der Waals surface area contributed by atoms with E-state index < -0.39 is 0 Å². The fourth-order valence-corrected chi connectivity index (χ4v) is 3.44. The molecule has 1 aromatic carbocycles. The Kier molecular flexibility index (Phi) is 6.63. The molecule has 2 heterocycles. The molecule has 0 bridgehead atoms. The molecular weight excluding hydrogens is 338 g/mol. The number of hydrogen-bond donors (Lipinski definition) is 0. The molecule has 0 aliphatic carbocycles. The van der Waals surface area contributed by atoms with Gasteiger partial charge in [-0.25, -0.2) is 9.97 Å². The molecule has 6 heteroatoms. The molecule has 27 heavy (non-hydrogen) atoms. The van der Waals surface area contributed by atoms with Crippen molar-refractivity contribution < 1.29 is 4.79 Å². The Labute approximate surface area is 161 Å². The van der Waals surface area contributed by atoms with Crippen LogP contribution in [-0.2, 0) is 0 Å². The number of benzene rings is 1. The van der Waals surface area contributed by atoms with Crippen LogP contribution in [0.5, 0.6) is 0 Å². The minimum atomic E-state index is -0.0216. The second-order valence-corrected chi connectivity index (χ2v) is 6.86. The number of hydrogen-bond acceptors (Lipinski definition) is 5. The van der Waals surface area contributed by atoms with Gasteiger partial charge in [0, 0.05) is 45.0 Å². The van der Waals surface area contributed by atoms with Crippen molar-refractivity contribution in [3.05, 3.63) is 48.4 Å². The van der Waals surface area contributed by atoms with Gasteiger partial charge in [0.1, 0.15) is 11.5 Å². The minimum Gasteiger partial charge on any atom is -0.368 e. The summed E-state index contributed by atoms with van der Waals surface area (Å²) in [7, 11) is 0. The first-order valence-electron chi connectivity index (χ1n) is 9.89. The largest absolute Gasteiger partial charge is 0.368 e. The van der Waals surface area contributed by atoms with E-state index in [4.69, 9.17) is 0 Å². The minimum absolute atomic E-state index is 0.0216. The number of nitrogens with zero attached hydrogens (tertiary/aromatic N) is 5. The lowest BCUT2D eigenvalue weighted by atomic mass is 10.2. The molecule has 6 nitrogen and oxygen atoms in total. The molecule has 0 radical (unpaired) electrons. The standard InChI is InChI=1S/C21H29N5O/c1-3-10-26(11-4-2)21(27)19-16-23-20(17-22-19)25-14-12-24(13-15-25)18-8-6-5-7-9-18/h5-9,16-17H,3-4,10-15H2,1-2H3. The summed E-state index contributed by atoms with van der Waals surface area (Å²) in [5, 5.41) is 0. The van der Waals surface area contributed by atoms with Crippen LogP contribution in [0, 0.1) is 0 Å². The van der Waals surface area contributed by atoms with Gasteiger partial charge in [-0.1, -0.05) is 32.0 Å². The fourth-order valence-electron chi connectivity index (χ4n) is 3.44. The van der Waals surface area contributed by atoms with Crippen LogP contribution in [0.1, 0.15) is 37.2 Å². The van der Waals surface area contributed by atoms with E-state index in [2.05, 4.69) is 57.9 Å². The van der Waals surface area contributed by atoms with Crippen molar-refractivity contribution in [2.24, 2.45) is 0 Å². The molecular formula is C21H29N5O. The summed E-state index contributed by atoms with van der Waals surface area (Å²) in [5.41, 5.74) is 1.69. The predicted octanol–water partition coefficient (Wildman–Crippen LogP) is 3.07. The van der Waals surface area contributed by atoms with Gasteiger partial charge in [0.2, 0.25) is 0 Å². The lowest BCUT2D eigenvalue weighted by Gasteiger charge is -2.36. The van der Waals surface area contributed by atoms with E-state index in [0.29, 0.717) is 5.69 Å². The van der Waals surface area contributed by atoms with Crippen molar-refractivity contribution in [2.45, 2.75) is 26.7 Å². The third-order valence-corrected chi connectivity index (χ3v) is 4.86. The molecule has 0 saturated carbocycles. The van der Waals surface area contributed by atoms with E-state index in [1.807, 2.05) is 11.0 Å². The summed E-state index contributed by atoms with van der Waals surface area (Å²) in [6.07, 6.45) is 5.26. The lowest BCUT2D eigenvalue weighted by Crippen LogP contribution is -2.46. The Bertz CT molecular complexity index is 705. The first kappa shape index (κ1) is 19.1. The van der Waals surface area contributed by atoms with Gasteiger partial charge in [0.15, 0.2) is 0 Å². The quantitative estimate of drug-likeness (QED) is 0.753. The van der Waals surface area contributed by atoms with Crippen LogP contribution in [0.25, 0.3) is 0 Å². The fraction of sp³-hybridized carbons (Fsp3) is 0.476. The number of carbonyl (C=O) groups is 1. The van der Waals surface area contributed by atoms with Gasteiger partial charge >= 0.3 is 0 Å². The Morgan fingerprint density at radius 1 is 0.926 bits per heavy atom. The van der Waals surface area contributed by atoms with Gasteiger partial charge in [0.05, 0.1) is 12.4 Å². The number of aromatic nitrogens is 2. The Balaban J connectivity index is 1.60. The number of rotatable bonds is 7. The highest BCUT2D eigenvalue weighted by atomic mass is 16.2. The average molecular weight is 367 g/mol. The molecule has 1 aliphatic heterocycles. The van der Waals surface area contributed by atoms with Crippen molar-refractivity contribution in [1.29, 1.82) is 0 Å². The predicted molar refractivity (Wildman–Crippen MR) is 109 cm³/mol. The lowest BCUT2D eigenvalue weighted by molar-refractivity contribution is 0.0749. The number of amides is 1. The van der Waals surface area contributed by atoms with E-state index in [1.54, 1.807) is 12.4 Å². The molecule has 0 atom stereocenters. The molecule has 1 fully saturated rings. The van der Waals surface area contributed by atoms with Crippen LogP contribution in [0.15, 0.2) is 42.7 Å².